The van der Waals surface area contributed by atoms with Crippen LogP contribution >= 0.6 is 0 Å². The summed E-state index contributed by atoms with van der Waals surface area (Å²) in [5.74, 6) is -1.49. The maximum absolute atomic E-state index is 12.9. The van der Waals surface area contributed by atoms with E-state index in [-0.39, 0.29) is 53.9 Å². The van der Waals surface area contributed by atoms with Gasteiger partial charge in [0.15, 0.2) is 0 Å². The zero-order valence-electron chi connectivity index (χ0n) is 17.8. The van der Waals surface area contributed by atoms with Crippen molar-refractivity contribution in [1.29, 1.82) is 0 Å². The first kappa shape index (κ1) is 23.6. The number of hydrogen-bond acceptors (Lipinski definition) is 7. The number of nitro groups is 1. The number of esters is 1. The highest BCUT2D eigenvalue weighted by atomic mass is 32.2. The number of carbonyl (C=O) groups excluding carboxylic acids is 3. The molecule has 0 aromatic heterocycles. The number of non-ortho nitro benzene ring substituents is 1. The number of primary amides is 1. The molecule has 2 amide bonds. The van der Waals surface area contributed by atoms with Crippen molar-refractivity contribution in [2.24, 2.45) is 17.6 Å². The fraction of sp³-hybridized carbons (Fsp3) is 0.476. The van der Waals surface area contributed by atoms with E-state index in [4.69, 9.17) is 10.5 Å². The van der Waals surface area contributed by atoms with Gasteiger partial charge in [-0.2, -0.15) is 0 Å². The normalized spacial score (nSPS) is 20.7. The van der Waals surface area contributed by atoms with Crippen molar-refractivity contribution in [3.05, 3.63) is 50.5 Å². The fourth-order valence-corrected chi connectivity index (χ4v) is 5.46. The van der Waals surface area contributed by atoms with Gasteiger partial charge in [0.1, 0.15) is 12.3 Å². The number of hydrogen-bond donors (Lipinski definition) is 1. The van der Waals surface area contributed by atoms with Crippen molar-refractivity contribution in [3.8, 4) is 0 Å². The SMILES string of the molecule is CC(C)C1C(=O)N2C(C(=O)OCc3ccc([N+](=O)[O-])cc3)=C(S(=O)CCCC(N)=O)CC12. The van der Waals surface area contributed by atoms with E-state index in [9.17, 15) is 28.7 Å². The number of amides is 2. The molecule has 3 unspecified atom stereocenters. The first-order valence-electron chi connectivity index (χ1n) is 10.2. The zero-order valence-corrected chi connectivity index (χ0v) is 18.6. The Labute approximate surface area is 187 Å². The largest absolute Gasteiger partial charge is 0.456 e. The van der Waals surface area contributed by atoms with Gasteiger partial charge in [0.25, 0.3) is 5.69 Å². The molecule has 32 heavy (non-hydrogen) atoms. The molecule has 0 bridgehead atoms. The molecular formula is C21H25N3O7S. The molecule has 1 aromatic carbocycles. The van der Waals surface area contributed by atoms with Gasteiger partial charge in [0.2, 0.25) is 11.8 Å². The molecule has 0 radical (unpaired) electrons. The molecule has 172 valence electrons. The highest BCUT2D eigenvalue weighted by Gasteiger charge is 2.56. The first-order valence-corrected chi connectivity index (χ1v) is 11.6. The summed E-state index contributed by atoms with van der Waals surface area (Å²) >= 11 is 0. The lowest BCUT2D eigenvalue weighted by Crippen LogP contribution is -2.60. The van der Waals surface area contributed by atoms with Crippen LogP contribution < -0.4 is 5.73 Å². The highest BCUT2D eigenvalue weighted by Crippen LogP contribution is 2.46. The monoisotopic (exact) mass is 463 g/mol. The molecule has 3 rings (SSSR count). The van der Waals surface area contributed by atoms with Crippen LogP contribution in [0.1, 0.15) is 38.7 Å². The van der Waals surface area contributed by atoms with Crippen molar-refractivity contribution in [3.63, 3.8) is 0 Å². The topological polar surface area (TPSA) is 150 Å². The third-order valence-electron chi connectivity index (χ3n) is 5.62. The molecule has 0 saturated carbocycles. The van der Waals surface area contributed by atoms with E-state index in [1.807, 2.05) is 13.8 Å². The maximum atomic E-state index is 12.9. The van der Waals surface area contributed by atoms with E-state index in [0.717, 1.165) is 0 Å². The molecule has 1 aromatic rings. The summed E-state index contributed by atoms with van der Waals surface area (Å²) in [6, 6.07) is 5.33. The van der Waals surface area contributed by atoms with Gasteiger partial charge >= 0.3 is 5.97 Å². The van der Waals surface area contributed by atoms with Gasteiger partial charge < -0.3 is 15.4 Å². The number of nitro benzene ring substituents is 1. The molecule has 2 N–H and O–H groups in total. The van der Waals surface area contributed by atoms with Crippen molar-refractivity contribution >= 4 is 34.3 Å². The smallest absolute Gasteiger partial charge is 0.356 e. The second-order valence-electron chi connectivity index (χ2n) is 8.14. The molecule has 2 aliphatic heterocycles. The fourth-order valence-electron chi connectivity index (χ4n) is 4.06. The van der Waals surface area contributed by atoms with Gasteiger partial charge in [-0.3, -0.25) is 23.9 Å². The molecule has 10 nitrogen and oxygen atoms in total. The summed E-state index contributed by atoms with van der Waals surface area (Å²) < 4.78 is 18.3. The van der Waals surface area contributed by atoms with Crippen LogP contribution in [0, 0.1) is 22.0 Å². The van der Waals surface area contributed by atoms with Gasteiger partial charge in [-0.1, -0.05) is 13.8 Å². The Bertz CT molecular complexity index is 1000. The third kappa shape index (κ3) is 4.72. The molecule has 2 heterocycles. The number of β-lactam (4-membered cyclic amide) rings is 1. The van der Waals surface area contributed by atoms with Crippen LogP contribution in [-0.2, 0) is 36.5 Å². The van der Waals surface area contributed by atoms with E-state index >= 15 is 0 Å². The Hall–Kier alpha value is -3.08. The minimum atomic E-state index is -1.56. The summed E-state index contributed by atoms with van der Waals surface area (Å²) in [5.41, 5.74) is 5.61. The lowest BCUT2D eigenvalue weighted by atomic mass is 9.79. The predicted molar refractivity (Wildman–Crippen MR) is 115 cm³/mol. The third-order valence-corrected chi connectivity index (χ3v) is 7.19. The van der Waals surface area contributed by atoms with Crippen molar-refractivity contribution in [2.45, 2.75) is 45.8 Å². The van der Waals surface area contributed by atoms with Crippen molar-refractivity contribution in [2.75, 3.05) is 5.75 Å². The second kappa shape index (κ2) is 9.60. The van der Waals surface area contributed by atoms with Gasteiger partial charge in [-0.15, -0.1) is 0 Å². The molecule has 3 atom stereocenters. The van der Waals surface area contributed by atoms with E-state index in [2.05, 4.69) is 0 Å². The minimum Gasteiger partial charge on any atom is -0.456 e. The summed E-state index contributed by atoms with van der Waals surface area (Å²) in [6.07, 6.45) is 0.710. The minimum absolute atomic E-state index is 0.0104. The van der Waals surface area contributed by atoms with E-state index in [1.165, 1.54) is 29.2 Å². The van der Waals surface area contributed by atoms with Crippen LogP contribution in [0.25, 0.3) is 0 Å². The molecule has 1 fully saturated rings. The Morgan fingerprint density at radius 1 is 1.31 bits per heavy atom. The second-order valence-corrected chi connectivity index (χ2v) is 9.73. The maximum Gasteiger partial charge on any atom is 0.356 e. The summed E-state index contributed by atoms with van der Waals surface area (Å²) in [5, 5.41) is 10.8. The van der Waals surface area contributed by atoms with Gasteiger partial charge in [0, 0.05) is 35.6 Å². The Morgan fingerprint density at radius 3 is 2.53 bits per heavy atom. The standard InChI is InChI=1S/C21H25N3O7S/c1-12(2)18-15-10-16(32(30)9-3-4-17(22)25)19(23(15)20(18)26)21(27)31-11-13-5-7-14(8-6-13)24(28)29/h5-8,12,15,18H,3-4,9-11H2,1-2H3,(H2,22,25). The average molecular weight is 464 g/mol. The van der Waals surface area contributed by atoms with Crippen LogP contribution in [0.5, 0.6) is 0 Å². The summed E-state index contributed by atoms with van der Waals surface area (Å²) in [4.78, 5) is 48.6. The highest BCUT2D eigenvalue weighted by molar-refractivity contribution is 7.89. The van der Waals surface area contributed by atoms with Gasteiger partial charge in [0.05, 0.1) is 27.7 Å². The predicted octanol–water partition coefficient (Wildman–Crippen LogP) is 1.75. The van der Waals surface area contributed by atoms with Crippen LogP contribution in [0.15, 0.2) is 34.9 Å². The number of fused-ring (bicyclic) bond motifs is 1. The van der Waals surface area contributed by atoms with Crippen molar-refractivity contribution < 1.29 is 28.3 Å². The quantitative estimate of drug-likeness (QED) is 0.240. The van der Waals surface area contributed by atoms with Crippen LogP contribution in [0.4, 0.5) is 5.69 Å². The first-order chi connectivity index (χ1) is 15.1. The molecule has 2 aliphatic rings. The van der Waals surface area contributed by atoms with Crippen molar-refractivity contribution in [1.82, 2.24) is 4.90 Å². The Balaban J connectivity index is 1.76. The number of nitrogens with zero attached hydrogens (tertiary/aromatic N) is 2. The molecule has 0 spiro atoms. The van der Waals surface area contributed by atoms with E-state index in [1.54, 1.807) is 0 Å². The van der Waals surface area contributed by atoms with Crippen LogP contribution in [0.2, 0.25) is 0 Å². The summed E-state index contributed by atoms with van der Waals surface area (Å²) in [6.45, 7) is 3.70. The zero-order chi connectivity index (χ0) is 23.6. The summed E-state index contributed by atoms with van der Waals surface area (Å²) in [7, 11) is -1.56. The number of ether oxygens (including phenoxy) is 1. The molecule has 11 heteroatoms. The number of benzene rings is 1. The average Bonchev–Trinajstić information content (AvgIpc) is 3.06. The molecule has 1 saturated heterocycles. The molecule has 0 aliphatic carbocycles. The van der Waals surface area contributed by atoms with Crippen LogP contribution in [-0.4, -0.2) is 43.6 Å². The number of carbonyl (C=O) groups is 3. The van der Waals surface area contributed by atoms with E-state index < -0.39 is 27.6 Å². The van der Waals surface area contributed by atoms with Gasteiger partial charge in [-0.05, 0) is 30.0 Å². The van der Waals surface area contributed by atoms with Crippen LogP contribution in [0.3, 0.4) is 0 Å². The lowest BCUT2D eigenvalue weighted by molar-refractivity contribution is -0.384. The Morgan fingerprint density at radius 2 is 1.97 bits per heavy atom. The lowest BCUT2D eigenvalue weighted by Gasteiger charge is -2.45. The number of rotatable bonds is 10. The Kier molecular flexibility index (Phi) is 7.07. The van der Waals surface area contributed by atoms with Gasteiger partial charge in [-0.25, -0.2) is 4.79 Å². The molecular weight excluding hydrogens is 438 g/mol. The number of nitrogens with two attached hydrogens (primary N) is 1. The van der Waals surface area contributed by atoms with E-state index in [0.29, 0.717) is 23.3 Å².